The number of ketones is 1. The quantitative estimate of drug-likeness (QED) is 0.575. The Morgan fingerprint density at radius 2 is 1.96 bits per heavy atom. The van der Waals surface area contributed by atoms with Gasteiger partial charge in [-0.3, -0.25) is 4.79 Å². The topological polar surface area (TPSA) is 54.9 Å². The van der Waals surface area contributed by atoms with Gasteiger partial charge in [0.05, 0.1) is 5.25 Å². The van der Waals surface area contributed by atoms with Crippen molar-refractivity contribution in [2.75, 3.05) is 11.9 Å². The molecule has 0 aromatic carbocycles. The lowest BCUT2D eigenvalue weighted by Crippen LogP contribution is -2.51. The number of rotatable bonds is 7. The normalized spacial score (nSPS) is 35.0. The maximum atomic E-state index is 13.3. The number of thioether (sulfide) groups is 1. The molecule has 4 aliphatic carbocycles. The molecule has 5 rings (SSSR count). The van der Waals surface area contributed by atoms with Gasteiger partial charge in [-0.15, -0.1) is 16.8 Å². The SMILES string of the molecule is C=CCNc1nnc(S[C@H](C)C(=O)C23CC4CC(CC(C4)C2)C3)s1. The summed E-state index contributed by atoms with van der Waals surface area (Å²) in [6, 6.07) is 0. The van der Waals surface area contributed by atoms with Crippen molar-refractivity contribution >= 4 is 34.0 Å². The molecule has 4 saturated carbocycles. The van der Waals surface area contributed by atoms with E-state index in [9.17, 15) is 4.79 Å². The van der Waals surface area contributed by atoms with Gasteiger partial charge >= 0.3 is 0 Å². The van der Waals surface area contributed by atoms with Gasteiger partial charge < -0.3 is 5.32 Å². The van der Waals surface area contributed by atoms with Gasteiger partial charge in [0.15, 0.2) is 10.1 Å². The molecule has 0 radical (unpaired) electrons. The Bertz CT molecular complexity index is 607. The summed E-state index contributed by atoms with van der Waals surface area (Å²) >= 11 is 3.11. The number of nitrogens with one attached hydrogen (secondary N) is 1. The van der Waals surface area contributed by atoms with Crippen LogP contribution in [-0.4, -0.2) is 27.8 Å². The Kier molecular flexibility index (Phi) is 4.45. The first-order chi connectivity index (χ1) is 11.6. The van der Waals surface area contributed by atoms with Gasteiger partial charge in [0.2, 0.25) is 5.13 Å². The number of carbonyl (C=O) groups is 1. The molecular weight excluding hydrogens is 338 g/mol. The number of hydrogen-bond donors (Lipinski definition) is 1. The van der Waals surface area contributed by atoms with E-state index in [0.717, 1.165) is 46.5 Å². The predicted molar refractivity (Wildman–Crippen MR) is 99.5 cm³/mol. The van der Waals surface area contributed by atoms with E-state index >= 15 is 0 Å². The Morgan fingerprint density at radius 3 is 2.54 bits per heavy atom. The van der Waals surface area contributed by atoms with Crippen molar-refractivity contribution in [3.8, 4) is 0 Å². The Morgan fingerprint density at radius 1 is 1.33 bits per heavy atom. The highest BCUT2D eigenvalue weighted by Crippen LogP contribution is 2.61. The van der Waals surface area contributed by atoms with Gasteiger partial charge in [0.25, 0.3) is 0 Å². The van der Waals surface area contributed by atoms with Crippen LogP contribution >= 0.6 is 23.1 Å². The minimum absolute atomic E-state index is 0.0181. The van der Waals surface area contributed by atoms with E-state index in [1.54, 1.807) is 17.8 Å². The summed E-state index contributed by atoms with van der Waals surface area (Å²) in [6.45, 7) is 6.43. The first-order valence-electron chi connectivity index (χ1n) is 8.97. The Hall–Kier alpha value is -0.880. The number of Topliss-reactive ketones (excluding diaryl/α,β-unsaturated/α-hetero) is 1. The molecule has 1 aromatic heterocycles. The van der Waals surface area contributed by atoms with E-state index in [-0.39, 0.29) is 10.7 Å². The lowest BCUT2D eigenvalue weighted by Gasteiger charge is -2.56. The van der Waals surface area contributed by atoms with Crippen LogP contribution < -0.4 is 5.32 Å². The summed E-state index contributed by atoms with van der Waals surface area (Å²) in [7, 11) is 0. The molecule has 0 spiro atoms. The van der Waals surface area contributed by atoms with Crippen molar-refractivity contribution in [2.24, 2.45) is 23.2 Å². The number of aromatic nitrogens is 2. The molecule has 1 aromatic rings. The van der Waals surface area contributed by atoms with Crippen molar-refractivity contribution in [2.45, 2.75) is 55.0 Å². The number of carbonyl (C=O) groups excluding carboxylic acids is 1. The second-order valence-corrected chi connectivity index (χ2v) is 10.4. The van der Waals surface area contributed by atoms with E-state index < -0.39 is 0 Å². The molecule has 6 heteroatoms. The molecule has 1 atom stereocenters. The molecular formula is C18H25N3OS2. The molecule has 130 valence electrons. The summed E-state index contributed by atoms with van der Waals surface area (Å²) in [5.74, 6) is 2.92. The Labute approximate surface area is 151 Å². The van der Waals surface area contributed by atoms with Crippen LogP contribution in [0.3, 0.4) is 0 Å². The van der Waals surface area contributed by atoms with Gasteiger partial charge in [0.1, 0.15) is 0 Å². The van der Waals surface area contributed by atoms with Crippen LogP contribution in [0.5, 0.6) is 0 Å². The molecule has 24 heavy (non-hydrogen) atoms. The summed E-state index contributed by atoms with van der Waals surface area (Å²) in [6.07, 6.45) is 9.36. The molecule has 0 amide bonds. The summed E-state index contributed by atoms with van der Waals surface area (Å²) < 4.78 is 0.882. The standard InChI is InChI=1S/C18H25N3OS2/c1-3-4-19-16-20-21-17(24-16)23-11(2)15(22)18-8-12-5-13(9-18)7-14(6-12)10-18/h3,11-14H,1,4-10H2,2H3,(H,19,20)/t11-,12?,13?,14?,18?/m1/s1. The average molecular weight is 364 g/mol. The van der Waals surface area contributed by atoms with E-state index in [1.165, 1.54) is 30.6 Å². The van der Waals surface area contributed by atoms with Crippen molar-refractivity contribution in [3.63, 3.8) is 0 Å². The predicted octanol–water partition coefficient (Wildman–Crippen LogP) is 4.40. The largest absolute Gasteiger partial charge is 0.357 e. The van der Waals surface area contributed by atoms with Gasteiger partial charge in [-0.2, -0.15) is 0 Å². The minimum Gasteiger partial charge on any atom is -0.357 e. The monoisotopic (exact) mass is 363 g/mol. The third-order valence-corrected chi connectivity index (χ3v) is 8.08. The number of anilines is 1. The van der Waals surface area contributed by atoms with Crippen molar-refractivity contribution < 1.29 is 4.79 Å². The van der Waals surface area contributed by atoms with E-state index in [0.29, 0.717) is 12.3 Å². The highest BCUT2D eigenvalue weighted by Gasteiger charge is 2.55. The van der Waals surface area contributed by atoms with Gasteiger partial charge in [-0.25, -0.2) is 0 Å². The van der Waals surface area contributed by atoms with Gasteiger partial charge in [-0.05, 0) is 63.2 Å². The number of hydrogen-bond acceptors (Lipinski definition) is 6. The smallest absolute Gasteiger partial charge is 0.206 e. The zero-order chi connectivity index (χ0) is 16.7. The first kappa shape index (κ1) is 16.6. The summed E-state index contributed by atoms with van der Waals surface area (Å²) in [5.41, 5.74) is -0.0181. The molecule has 4 fully saturated rings. The molecule has 1 heterocycles. The summed E-state index contributed by atoms with van der Waals surface area (Å²) in [5, 5.41) is 12.3. The third kappa shape index (κ3) is 3.03. The third-order valence-electron chi connectivity index (χ3n) is 6.01. The Balaban J connectivity index is 1.42. The van der Waals surface area contributed by atoms with Crippen LogP contribution in [0.1, 0.15) is 45.4 Å². The fraction of sp³-hybridized carbons (Fsp3) is 0.722. The van der Waals surface area contributed by atoms with E-state index in [2.05, 4.69) is 29.0 Å². The molecule has 0 saturated heterocycles. The number of nitrogens with zero attached hydrogens (tertiary/aromatic N) is 2. The van der Waals surface area contributed by atoms with E-state index in [4.69, 9.17) is 0 Å². The highest BCUT2D eigenvalue weighted by molar-refractivity contribution is 8.02. The van der Waals surface area contributed by atoms with Crippen LogP contribution in [0.4, 0.5) is 5.13 Å². The van der Waals surface area contributed by atoms with E-state index in [1.807, 2.05) is 0 Å². The van der Waals surface area contributed by atoms with Crippen molar-refractivity contribution in [1.29, 1.82) is 0 Å². The molecule has 0 aliphatic heterocycles. The second kappa shape index (κ2) is 6.45. The fourth-order valence-electron chi connectivity index (χ4n) is 5.54. The van der Waals surface area contributed by atoms with Crippen LogP contribution in [0, 0.1) is 23.2 Å². The fourth-order valence-corrected chi connectivity index (χ4v) is 7.63. The first-order valence-corrected chi connectivity index (χ1v) is 10.7. The molecule has 4 nitrogen and oxygen atoms in total. The zero-order valence-corrected chi connectivity index (χ0v) is 15.8. The molecule has 4 aliphatic rings. The lowest BCUT2D eigenvalue weighted by atomic mass is 9.48. The lowest BCUT2D eigenvalue weighted by molar-refractivity contribution is -0.142. The molecule has 0 unspecified atom stereocenters. The van der Waals surface area contributed by atoms with Gasteiger partial charge in [-0.1, -0.05) is 29.2 Å². The minimum atomic E-state index is -0.0264. The van der Waals surface area contributed by atoms with Gasteiger partial charge in [0, 0.05) is 12.0 Å². The van der Waals surface area contributed by atoms with Crippen molar-refractivity contribution in [1.82, 2.24) is 10.2 Å². The van der Waals surface area contributed by atoms with Crippen LogP contribution in [0.2, 0.25) is 0 Å². The highest BCUT2D eigenvalue weighted by atomic mass is 32.2. The zero-order valence-electron chi connectivity index (χ0n) is 14.2. The second-order valence-electron chi connectivity index (χ2n) is 7.86. The van der Waals surface area contributed by atoms with Crippen LogP contribution in [0.15, 0.2) is 17.0 Å². The molecule has 1 N–H and O–H groups in total. The van der Waals surface area contributed by atoms with Crippen molar-refractivity contribution in [3.05, 3.63) is 12.7 Å². The maximum Gasteiger partial charge on any atom is 0.206 e. The van der Waals surface area contributed by atoms with Crippen LogP contribution in [-0.2, 0) is 4.79 Å². The maximum absolute atomic E-state index is 13.3. The average Bonchev–Trinajstić information content (AvgIpc) is 2.98. The summed E-state index contributed by atoms with van der Waals surface area (Å²) in [4.78, 5) is 13.3. The van der Waals surface area contributed by atoms with Crippen LogP contribution in [0.25, 0.3) is 0 Å². The molecule has 4 bridgehead atoms.